The van der Waals surface area contributed by atoms with Crippen molar-refractivity contribution in [3.05, 3.63) is 94.0 Å². The third-order valence-corrected chi connectivity index (χ3v) is 13.0. The van der Waals surface area contributed by atoms with E-state index in [1.807, 2.05) is 50.2 Å². The Balaban J connectivity index is 1.24. The standard InChI is InChI=1S/C32H34Cl2N4O4S2/c1-23-9-11-25(33)21-29(23)35-13-17-37(18-14-35)43(39,40)31-7-3-6-28-27(31)5-4-8-32(28)44(41,42)38-19-15-36(16-20-38)30-22-26(34)12-10-24(30)2/h3-12,21-22H,13-20H2,1-2H3. The van der Waals surface area contributed by atoms with Gasteiger partial charge in [-0.1, -0.05) is 59.6 Å². The Morgan fingerprint density at radius 1 is 0.523 bits per heavy atom. The van der Waals surface area contributed by atoms with E-state index in [9.17, 15) is 16.8 Å². The first-order chi connectivity index (χ1) is 21.0. The molecule has 0 spiro atoms. The van der Waals surface area contributed by atoms with Crippen molar-refractivity contribution >= 4 is 65.4 Å². The first-order valence-corrected chi connectivity index (χ1v) is 18.1. The first kappa shape index (κ1) is 31.1. The maximum absolute atomic E-state index is 14.0. The minimum absolute atomic E-state index is 0.112. The van der Waals surface area contributed by atoms with Crippen LogP contribution in [-0.4, -0.2) is 77.8 Å². The third kappa shape index (κ3) is 5.79. The Morgan fingerprint density at radius 3 is 1.25 bits per heavy atom. The van der Waals surface area contributed by atoms with Gasteiger partial charge in [0.05, 0.1) is 9.79 Å². The SMILES string of the molecule is Cc1ccc(Cl)cc1N1CCN(S(=O)(=O)c2cccc3c(S(=O)(=O)N4CCN(c5cc(Cl)ccc5C)CC4)cccc23)CC1. The van der Waals surface area contributed by atoms with Crippen LogP contribution in [0, 0.1) is 13.8 Å². The summed E-state index contributed by atoms with van der Waals surface area (Å²) in [5, 5.41) is 2.07. The topological polar surface area (TPSA) is 81.2 Å². The van der Waals surface area contributed by atoms with Gasteiger partial charge in [-0.25, -0.2) is 16.8 Å². The van der Waals surface area contributed by atoms with Gasteiger partial charge in [-0.15, -0.1) is 0 Å². The summed E-state index contributed by atoms with van der Waals surface area (Å²) in [6, 6.07) is 21.2. The van der Waals surface area contributed by atoms with E-state index in [2.05, 4.69) is 9.80 Å². The maximum Gasteiger partial charge on any atom is 0.243 e. The summed E-state index contributed by atoms with van der Waals surface area (Å²) in [4.78, 5) is 4.52. The molecule has 6 rings (SSSR count). The lowest BCUT2D eigenvalue weighted by atomic mass is 10.1. The number of hydrogen-bond acceptors (Lipinski definition) is 6. The average Bonchev–Trinajstić information content (AvgIpc) is 3.03. The number of nitrogens with zero attached hydrogens (tertiary/aromatic N) is 4. The monoisotopic (exact) mass is 672 g/mol. The van der Waals surface area contributed by atoms with E-state index in [1.54, 1.807) is 36.4 Å². The zero-order chi connectivity index (χ0) is 31.2. The van der Waals surface area contributed by atoms with Crippen LogP contribution in [-0.2, 0) is 20.0 Å². The fraction of sp³-hybridized carbons (Fsp3) is 0.312. The zero-order valence-corrected chi connectivity index (χ0v) is 27.7. The molecular weight excluding hydrogens is 639 g/mol. The maximum atomic E-state index is 14.0. The molecule has 4 aromatic carbocycles. The van der Waals surface area contributed by atoms with E-state index in [-0.39, 0.29) is 9.79 Å². The van der Waals surface area contributed by atoms with Crippen LogP contribution in [0.3, 0.4) is 0 Å². The van der Waals surface area contributed by atoms with Gasteiger partial charge in [0.15, 0.2) is 0 Å². The molecule has 0 bridgehead atoms. The summed E-state index contributed by atoms with van der Waals surface area (Å²) in [6.07, 6.45) is 0. The van der Waals surface area contributed by atoms with E-state index >= 15 is 0 Å². The third-order valence-electron chi connectivity index (χ3n) is 8.58. The molecule has 12 heteroatoms. The lowest BCUT2D eigenvalue weighted by molar-refractivity contribution is 0.384. The van der Waals surface area contributed by atoms with Crippen LogP contribution >= 0.6 is 23.2 Å². The largest absolute Gasteiger partial charge is 0.369 e. The molecule has 0 aromatic heterocycles. The predicted molar refractivity (Wildman–Crippen MR) is 178 cm³/mol. The minimum Gasteiger partial charge on any atom is -0.369 e. The van der Waals surface area contributed by atoms with Crippen molar-refractivity contribution in [3.63, 3.8) is 0 Å². The lowest BCUT2D eigenvalue weighted by Gasteiger charge is -2.36. The molecule has 44 heavy (non-hydrogen) atoms. The number of sulfonamides is 2. The number of fused-ring (bicyclic) bond motifs is 1. The van der Waals surface area contributed by atoms with Gasteiger partial charge in [0.1, 0.15) is 0 Å². The molecule has 0 atom stereocenters. The van der Waals surface area contributed by atoms with E-state index in [0.29, 0.717) is 73.2 Å². The van der Waals surface area contributed by atoms with Gasteiger partial charge < -0.3 is 9.80 Å². The Hall–Kier alpha value is -2.86. The molecule has 0 N–H and O–H groups in total. The highest BCUT2D eigenvalue weighted by Gasteiger charge is 2.33. The fourth-order valence-corrected chi connectivity index (χ4v) is 9.76. The van der Waals surface area contributed by atoms with Crippen molar-refractivity contribution in [2.75, 3.05) is 62.2 Å². The van der Waals surface area contributed by atoms with Gasteiger partial charge in [-0.05, 0) is 61.4 Å². The van der Waals surface area contributed by atoms with Crippen LogP contribution in [0.25, 0.3) is 10.8 Å². The van der Waals surface area contributed by atoms with Crippen molar-refractivity contribution in [2.24, 2.45) is 0 Å². The van der Waals surface area contributed by atoms with Gasteiger partial charge in [0.2, 0.25) is 20.0 Å². The predicted octanol–water partition coefficient (Wildman–Crippen LogP) is 5.79. The van der Waals surface area contributed by atoms with E-state index in [4.69, 9.17) is 23.2 Å². The van der Waals surface area contributed by atoms with Crippen molar-refractivity contribution in [2.45, 2.75) is 23.6 Å². The van der Waals surface area contributed by atoms with Gasteiger partial charge in [-0.2, -0.15) is 8.61 Å². The van der Waals surface area contributed by atoms with Crippen LogP contribution < -0.4 is 9.80 Å². The summed E-state index contributed by atoms with van der Waals surface area (Å²) in [6.45, 7) is 7.32. The zero-order valence-electron chi connectivity index (χ0n) is 24.6. The summed E-state index contributed by atoms with van der Waals surface area (Å²) in [7, 11) is -7.78. The molecule has 0 unspecified atom stereocenters. The normalized spacial score (nSPS) is 17.4. The molecule has 2 saturated heterocycles. The van der Waals surface area contributed by atoms with Gasteiger partial charge >= 0.3 is 0 Å². The highest BCUT2D eigenvalue weighted by atomic mass is 35.5. The molecule has 2 aliphatic rings. The van der Waals surface area contributed by atoms with Crippen LogP contribution in [0.2, 0.25) is 10.0 Å². The lowest BCUT2D eigenvalue weighted by Crippen LogP contribution is -2.49. The molecule has 4 aromatic rings. The minimum atomic E-state index is -3.89. The van der Waals surface area contributed by atoms with Crippen LogP contribution in [0.5, 0.6) is 0 Å². The Kier molecular flexibility index (Phi) is 8.60. The summed E-state index contributed by atoms with van der Waals surface area (Å²) < 4.78 is 58.8. The van der Waals surface area contributed by atoms with Crippen LogP contribution in [0.4, 0.5) is 11.4 Å². The first-order valence-electron chi connectivity index (χ1n) is 14.5. The average molecular weight is 674 g/mol. The van der Waals surface area contributed by atoms with Gasteiger partial charge in [0, 0.05) is 84.6 Å². The van der Waals surface area contributed by atoms with Gasteiger partial charge in [-0.3, -0.25) is 0 Å². The van der Waals surface area contributed by atoms with Crippen molar-refractivity contribution < 1.29 is 16.8 Å². The van der Waals surface area contributed by atoms with E-state index in [0.717, 1.165) is 22.5 Å². The molecule has 0 aliphatic carbocycles. The molecule has 2 heterocycles. The molecule has 2 fully saturated rings. The number of anilines is 2. The van der Waals surface area contributed by atoms with Crippen LogP contribution in [0.15, 0.2) is 82.6 Å². The molecule has 0 radical (unpaired) electrons. The Bertz CT molecular complexity index is 1800. The highest BCUT2D eigenvalue weighted by Crippen LogP contribution is 2.34. The molecule has 2 aliphatic heterocycles. The smallest absolute Gasteiger partial charge is 0.243 e. The number of rotatable bonds is 6. The molecule has 8 nitrogen and oxygen atoms in total. The van der Waals surface area contributed by atoms with Crippen LogP contribution in [0.1, 0.15) is 11.1 Å². The second-order valence-electron chi connectivity index (χ2n) is 11.3. The second kappa shape index (κ2) is 12.2. The summed E-state index contributed by atoms with van der Waals surface area (Å²) >= 11 is 12.4. The van der Waals surface area contributed by atoms with Crippen molar-refractivity contribution in [1.82, 2.24) is 8.61 Å². The Morgan fingerprint density at radius 2 is 0.886 bits per heavy atom. The quantitative estimate of drug-likeness (QED) is 0.258. The summed E-state index contributed by atoms with van der Waals surface area (Å²) in [5.74, 6) is 0. The van der Waals surface area contributed by atoms with Crippen molar-refractivity contribution in [3.8, 4) is 0 Å². The van der Waals surface area contributed by atoms with Crippen molar-refractivity contribution in [1.29, 1.82) is 0 Å². The number of aryl methyl sites for hydroxylation is 2. The number of halogens is 2. The number of hydrogen-bond donors (Lipinski definition) is 0. The molecule has 0 saturated carbocycles. The molecule has 232 valence electrons. The second-order valence-corrected chi connectivity index (χ2v) is 15.9. The highest BCUT2D eigenvalue weighted by molar-refractivity contribution is 7.89. The molecular formula is C32H34Cl2N4O4S2. The fourth-order valence-electron chi connectivity index (χ4n) is 6.17. The number of piperazine rings is 2. The summed E-state index contributed by atoms with van der Waals surface area (Å²) in [5.41, 5.74) is 4.15. The van der Waals surface area contributed by atoms with E-state index in [1.165, 1.54) is 8.61 Å². The number of benzene rings is 4. The Labute approximate surface area is 269 Å². The molecule has 0 amide bonds. The van der Waals surface area contributed by atoms with E-state index < -0.39 is 20.0 Å². The van der Waals surface area contributed by atoms with Gasteiger partial charge in [0.25, 0.3) is 0 Å².